The Morgan fingerprint density at radius 2 is 1.80 bits per heavy atom. The minimum absolute atomic E-state index is 0.0992. The van der Waals surface area contributed by atoms with Crippen molar-refractivity contribution in [3.05, 3.63) is 0 Å². The molecule has 116 valence electrons. The van der Waals surface area contributed by atoms with Crippen molar-refractivity contribution in [1.29, 1.82) is 0 Å². The van der Waals surface area contributed by atoms with Crippen molar-refractivity contribution < 1.29 is 4.79 Å². The molecule has 0 aromatic carbocycles. The normalized spacial score (nSPS) is 27.7. The van der Waals surface area contributed by atoms with Crippen LogP contribution < -0.4 is 5.32 Å². The molecule has 1 aliphatic heterocycles. The highest BCUT2D eigenvalue weighted by Gasteiger charge is 2.42. The summed E-state index contributed by atoms with van der Waals surface area (Å²) in [6, 6.07) is 0.0992. The molecule has 2 atom stereocenters. The molecule has 0 spiro atoms. The van der Waals surface area contributed by atoms with E-state index in [-0.39, 0.29) is 6.04 Å². The van der Waals surface area contributed by atoms with Crippen LogP contribution in [0.3, 0.4) is 0 Å². The summed E-state index contributed by atoms with van der Waals surface area (Å²) in [5.41, 5.74) is 0. The minimum atomic E-state index is 0.0992. The van der Waals surface area contributed by atoms with E-state index in [4.69, 9.17) is 0 Å². The van der Waals surface area contributed by atoms with E-state index in [9.17, 15) is 4.79 Å². The van der Waals surface area contributed by atoms with E-state index in [1.165, 1.54) is 44.9 Å². The summed E-state index contributed by atoms with van der Waals surface area (Å²) in [5, 5.41) is 3.67. The van der Waals surface area contributed by atoms with Crippen LogP contribution in [0.5, 0.6) is 0 Å². The predicted octanol–water partition coefficient (Wildman–Crippen LogP) is 3.68. The number of carbonyl (C=O) groups is 1. The number of hydrogen-bond donors (Lipinski definition) is 1. The molecule has 3 heteroatoms. The lowest BCUT2D eigenvalue weighted by atomic mass is 10.0. The molecular weight excluding hydrogens is 248 g/mol. The summed E-state index contributed by atoms with van der Waals surface area (Å²) in [6.45, 7) is 5.39. The lowest BCUT2D eigenvalue weighted by Gasteiger charge is -2.29. The summed E-state index contributed by atoms with van der Waals surface area (Å²) in [6.07, 6.45) is 12.6. The highest BCUT2D eigenvalue weighted by molar-refractivity contribution is 5.84. The molecule has 20 heavy (non-hydrogen) atoms. The monoisotopic (exact) mass is 280 g/mol. The third-order valence-corrected chi connectivity index (χ3v) is 4.98. The van der Waals surface area contributed by atoms with E-state index >= 15 is 0 Å². The Morgan fingerprint density at radius 1 is 1.10 bits per heavy atom. The van der Waals surface area contributed by atoms with Crippen LogP contribution >= 0.6 is 0 Å². The van der Waals surface area contributed by atoms with Gasteiger partial charge in [0.2, 0.25) is 5.91 Å². The molecule has 1 amide bonds. The smallest absolute Gasteiger partial charge is 0.241 e. The molecule has 2 unspecified atom stereocenters. The van der Waals surface area contributed by atoms with Gasteiger partial charge in [-0.3, -0.25) is 10.1 Å². The molecule has 0 radical (unpaired) electrons. The Hall–Kier alpha value is -0.570. The van der Waals surface area contributed by atoms with Crippen LogP contribution in [0.2, 0.25) is 0 Å². The maximum Gasteiger partial charge on any atom is 0.241 e. The van der Waals surface area contributed by atoms with Crippen LogP contribution in [-0.4, -0.2) is 29.6 Å². The SMILES string of the molecule is CCCCCN1C(=O)C(CCCC)NC1C1CCCC1. The van der Waals surface area contributed by atoms with Gasteiger partial charge in [0.25, 0.3) is 0 Å². The average Bonchev–Trinajstić information content (AvgIpc) is 3.07. The van der Waals surface area contributed by atoms with E-state index in [1.807, 2.05) is 0 Å². The molecule has 1 saturated carbocycles. The average molecular weight is 280 g/mol. The number of amides is 1. The quantitative estimate of drug-likeness (QED) is 0.688. The van der Waals surface area contributed by atoms with E-state index < -0.39 is 0 Å². The van der Waals surface area contributed by atoms with E-state index in [0.717, 1.165) is 25.8 Å². The summed E-state index contributed by atoms with van der Waals surface area (Å²) in [7, 11) is 0. The predicted molar refractivity (Wildman–Crippen MR) is 83.4 cm³/mol. The topological polar surface area (TPSA) is 32.3 Å². The molecule has 0 aromatic heterocycles. The number of nitrogens with one attached hydrogen (secondary N) is 1. The van der Waals surface area contributed by atoms with Gasteiger partial charge in [-0.05, 0) is 31.6 Å². The molecule has 2 aliphatic rings. The van der Waals surface area contributed by atoms with Crippen LogP contribution in [0.4, 0.5) is 0 Å². The first-order valence-electron chi connectivity index (χ1n) is 8.84. The number of rotatable bonds is 8. The molecule has 2 fully saturated rings. The van der Waals surface area contributed by atoms with Gasteiger partial charge in [-0.1, -0.05) is 52.4 Å². The number of carbonyl (C=O) groups excluding carboxylic acids is 1. The van der Waals surface area contributed by atoms with Gasteiger partial charge in [-0.2, -0.15) is 0 Å². The molecule has 1 saturated heterocycles. The first-order chi connectivity index (χ1) is 9.77. The van der Waals surface area contributed by atoms with Gasteiger partial charge in [0.1, 0.15) is 0 Å². The molecular formula is C17H32N2O. The van der Waals surface area contributed by atoms with Crippen molar-refractivity contribution in [2.24, 2.45) is 5.92 Å². The van der Waals surface area contributed by atoms with Crippen LogP contribution in [0, 0.1) is 5.92 Å². The number of nitrogens with zero attached hydrogens (tertiary/aromatic N) is 1. The van der Waals surface area contributed by atoms with E-state index in [1.54, 1.807) is 0 Å². The van der Waals surface area contributed by atoms with Gasteiger partial charge in [0, 0.05) is 6.54 Å². The first kappa shape index (κ1) is 15.8. The van der Waals surface area contributed by atoms with Crippen molar-refractivity contribution in [2.45, 2.75) is 90.3 Å². The number of hydrogen-bond acceptors (Lipinski definition) is 2. The Labute approximate surface area is 124 Å². The summed E-state index contributed by atoms with van der Waals surface area (Å²) >= 11 is 0. The van der Waals surface area contributed by atoms with E-state index in [0.29, 0.717) is 18.0 Å². The van der Waals surface area contributed by atoms with Crippen LogP contribution in [0.15, 0.2) is 0 Å². The lowest BCUT2D eigenvalue weighted by molar-refractivity contribution is -0.130. The summed E-state index contributed by atoms with van der Waals surface area (Å²) < 4.78 is 0. The molecule has 0 aromatic rings. The zero-order chi connectivity index (χ0) is 14.4. The fourth-order valence-corrected chi connectivity index (χ4v) is 3.76. The summed E-state index contributed by atoms with van der Waals surface area (Å²) in [4.78, 5) is 14.8. The second-order valence-corrected chi connectivity index (χ2v) is 6.59. The van der Waals surface area contributed by atoms with Gasteiger partial charge >= 0.3 is 0 Å². The molecule has 1 N–H and O–H groups in total. The zero-order valence-electron chi connectivity index (χ0n) is 13.4. The molecule has 1 heterocycles. The second kappa shape index (κ2) is 8.02. The van der Waals surface area contributed by atoms with Crippen LogP contribution in [-0.2, 0) is 4.79 Å². The fourth-order valence-electron chi connectivity index (χ4n) is 3.76. The largest absolute Gasteiger partial charge is 0.326 e. The Kier molecular flexibility index (Phi) is 6.34. The second-order valence-electron chi connectivity index (χ2n) is 6.59. The molecule has 3 nitrogen and oxygen atoms in total. The zero-order valence-corrected chi connectivity index (χ0v) is 13.4. The Balaban J connectivity index is 1.96. The van der Waals surface area contributed by atoms with Crippen molar-refractivity contribution in [2.75, 3.05) is 6.54 Å². The maximum atomic E-state index is 12.6. The first-order valence-corrected chi connectivity index (χ1v) is 8.84. The molecule has 0 bridgehead atoms. The van der Waals surface area contributed by atoms with Gasteiger partial charge < -0.3 is 4.90 Å². The van der Waals surface area contributed by atoms with Gasteiger partial charge in [-0.15, -0.1) is 0 Å². The highest BCUT2D eigenvalue weighted by atomic mass is 16.2. The van der Waals surface area contributed by atoms with Gasteiger partial charge in [0.05, 0.1) is 12.2 Å². The summed E-state index contributed by atoms with van der Waals surface area (Å²) in [5.74, 6) is 1.08. The highest BCUT2D eigenvalue weighted by Crippen LogP contribution is 2.32. The molecule has 1 aliphatic carbocycles. The van der Waals surface area contributed by atoms with Crippen LogP contribution in [0.25, 0.3) is 0 Å². The van der Waals surface area contributed by atoms with Gasteiger partial charge in [-0.25, -0.2) is 0 Å². The number of unbranched alkanes of at least 4 members (excludes halogenated alkanes) is 3. The Morgan fingerprint density at radius 3 is 2.45 bits per heavy atom. The van der Waals surface area contributed by atoms with Crippen molar-refractivity contribution >= 4 is 5.91 Å². The lowest BCUT2D eigenvalue weighted by Crippen LogP contribution is -2.43. The Bertz CT molecular complexity index is 299. The van der Waals surface area contributed by atoms with E-state index in [2.05, 4.69) is 24.1 Å². The maximum absolute atomic E-state index is 12.6. The fraction of sp³-hybridized carbons (Fsp3) is 0.941. The van der Waals surface area contributed by atoms with Crippen molar-refractivity contribution in [3.63, 3.8) is 0 Å². The van der Waals surface area contributed by atoms with Gasteiger partial charge in [0.15, 0.2) is 0 Å². The van der Waals surface area contributed by atoms with Crippen molar-refractivity contribution in [3.8, 4) is 0 Å². The van der Waals surface area contributed by atoms with Crippen LogP contribution in [0.1, 0.15) is 78.1 Å². The standard InChI is InChI=1S/C17H32N2O/c1-3-5-9-13-19-16(14-10-7-8-11-14)18-15(17(19)20)12-6-4-2/h14-16,18H,3-13H2,1-2H3. The molecule has 2 rings (SSSR count). The minimum Gasteiger partial charge on any atom is -0.326 e. The third kappa shape index (κ3) is 3.75. The third-order valence-electron chi connectivity index (χ3n) is 4.98. The van der Waals surface area contributed by atoms with Crippen molar-refractivity contribution in [1.82, 2.24) is 10.2 Å².